The predicted molar refractivity (Wildman–Crippen MR) is 144 cm³/mol. The summed E-state index contributed by atoms with van der Waals surface area (Å²) < 4.78 is 0. The maximum atomic E-state index is 13.2. The zero-order chi connectivity index (χ0) is 26.2. The number of rotatable bonds is 12. The normalized spacial score (nSPS) is 12.1. The van der Waals surface area contributed by atoms with Gasteiger partial charge in [0.05, 0.1) is 0 Å². The number of amides is 3. The Morgan fingerprint density at radius 3 is 2.63 bits per heavy atom. The van der Waals surface area contributed by atoms with Crippen molar-refractivity contribution in [2.75, 3.05) is 18.1 Å². The van der Waals surface area contributed by atoms with Crippen molar-refractivity contribution in [1.82, 2.24) is 10.2 Å². The third kappa shape index (κ3) is 11.2. The van der Waals surface area contributed by atoms with E-state index in [4.69, 9.17) is 0 Å². The molecule has 0 aliphatic rings. The van der Waals surface area contributed by atoms with Crippen LogP contribution in [0.3, 0.4) is 0 Å². The minimum Gasteiger partial charge on any atom is -0.480 e. The van der Waals surface area contributed by atoms with Gasteiger partial charge in [0.1, 0.15) is 6.04 Å². The molecule has 1 aromatic carbocycles. The highest BCUT2D eigenvalue weighted by Gasteiger charge is 2.27. The van der Waals surface area contributed by atoms with E-state index in [1.54, 1.807) is 36.4 Å². The summed E-state index contributed by atoms with van der Waals surface area (Å²) in [6.45, 7) is 11.7. The molecule has 0 aliphatic carbocycles. The van der Waals surface area contributed by atoms with Crippen molar-refractivity contribution >= 4 is 29.7 Å². The number of thioether (sulfide) groups is 1. The van der Waals surface area contributed by atoms with Gasteiger partial charge in [0.2, 0.25) is 0 Å². The summed E-state index contributed by atoms with van der Waals surface area (Å²) in [6, 6.07) is 4.95. The van der Waals surface area contributed by atoms with Crippen LogP contribution in [0.4, 0.5) is 4.79 Å². The SMILES string of the molecule is C=C/C=C\C(C#Cc1cccc(C(=O)N(CCC)C(=O)N[C@@H](CSCCC(C)C)C(=O)O)c1)=C/C. The second-order valence-electron chi connectivity index (χ2n) is 8.22. The average molecular weight is 497 g/mol. The lowest BCUT2D eigenvalue weighted by atomic mass is 10.1. The smallest absolute Gasteiger partial charge is 0.327 e. The zero-order valence-electron chi connectivity index (χ0n) is 21.0. The van der Waals surface area contributed by atoms with Crippen LogP contribution >= 0.6 is 11.8 Å². The van der Waals surface area contributed by atoms with Crippen molar-refractivity contribution in [2.45, 2.75) is 46.6 Å². The molecule has 0 saturated carbocycles. The van der Waals surface area contributed by atoms with Crippen LogP contribution < -0.4 is 5.32 Å². The standard InChI is InChI=1S/C28H36N2O4S/c1-6-9-11-22(8-3)14-15-23-12-10-13-24(19-23)26(31)30(17-7-2)28(34)29-25(27(32)33)20-35-18-16-21(4)5/h6,8-13,19,21,25H,1,7,16-18,20H2,2-5H3,(H,29,34)(H,32,33)/b11-9-,22-8+/t25-/m0/s1. The molecule has 0 fully saturated rings. The van der Waals surface area contributed by atoms with Crippen LogP contribution in [0.5, 0.6) is 0 Å². The number of hydrogen-bond donors (Lipinski definition) is 2. The van der Waals surface area contributed by atoms with E-state index in [1.165, 1.54) is 11.8 Å². The summed E-state index contributed by atoms with van der Waals surface area (Å²) in [5.74, 6) is 6.01. The van der Waals surface area contributed by atoms with Gasteiger partial charge in [0.15, 0.2) is 0 Å². The molecule has 1 rings (SSSR count). The molecule has 7 heteroatoms. The van der Waals surface area contributed by atoms with E-state index in [2.05, 4.69) is 37.6 Å². The summed E-state index contributed by atoms with van der Waals surface area (Å²) in [4.78, 5) is 38.8. The largest absolute Gasteiger partial charge is 0.480 e. The van der Waals surface area contributed by atoms with Gasteiger partial charge in [-0.1, -0.05) is 63.5 Å². The summed E-state index contributed by atoms with van der Waals surface area (Å²) in [6.07, 6.45) is 8.66. The van der Waals surface area contributed by atoms with E-state index in [-0.39, 0.29) is 12.3 Å². The molecule has 0 heterocycles. The van der Waals surface area contributed by atoms with E-state index < -0.39 is 23.9 Å². The van der Waals surface area contributed by atoms with Gasteiger partial charge in [0, 0.05) is 29.0 Å². The molecular weight excluding hydrogens is 460 g/mol. The van der Waals surface area contributed by atoms with Gasteiger partial charge in [-0.25, -0.2) is 9.59 Å². The molecule has 1 atom stereocenters. The maximum absolute atomic E-state index is 13.2. The molecule has 6 nitrogen and oxygen atoms in total. The van der Waals surface area contributed by atoms with Gasteiger partial charge < -0.3 is 10.4 Å². The molecule has 188 valence electrons. The van der Waals surface area contributed by atoms with Crippen LogP contribution in [0, 0.1) is 17.8 Å². The first kappa shape index (κ1) is 29.8. The Balaban J connectivity index is 3.01. The van der Waals surface area contributed by atoms with Crippen LogP contribution in [-0.2, 0) is 4.79 Å². The Labute approximate surface area is 213 Å². The first-order valence-corrected chi connectivity index (χ1v) is 12.9. The summed E-state index contributed by atoms with van der Waals surface area (Å²) in [5.41, 5.74) is 1.74. The maximum Gasteiger partial charge on any atom is 0.327 e. The topological polar surface area (TPSA) is 86.7 Å². The monoisotopic (exact) mass is 496 g/mol. The molecular formula is C28H36N2O4S. The van der Waals surface area contributed by atoms with Gasteiger partial charge in [-0.2, -0.15) is 11.8 Å². The van der Waals surface area contributed by atoms with Crippen LogP contribution in [0.15, 0.2) is 60.7 Å². The van der Waals surface area contributed by atoms with E-state index in [0.717, 1.165) is 22.6 Å². The fourth-order valence-corrected chi connectivity index (χ4v) is 4.12. The number of nitrogens with one attached hydrogen (secondary N) is 1. The van der Waals surface area contributed by atoms with Crippen molar-refractivity contribution in [3.8, 4) is 11.8 Å². The quantitative estimate of drug-likeness (QED) is 0.226. The molecule has 0 saturated heterocycles. The fraction of sp³-hybridized carbons (Fsp3) is 0.393. The number of urea groups is 1. The van der Waals surface area contributed by atoms with Crippen molar-refractivity contribution in [3.63, 3.8) is 0 Å². The Hall–Kier alpha value is -3.24. The zero-order valence-corrected chi connectivity index (χ0v) is 21.9. The molecule has 0 bridgehead atoms. The summed E-state index contributed by atoms with van der Waals surface area (Å²) in [7, 11) is 0. The lowest BCUT2D eigenvalue weighted by Crippen LogP contribution is -2.51. The summed E-state index contributed by atoms with van der Waals surface area (Å²) in [5, 5.41) is 12.1. The van der Waals surface area contributed by atoms with E-state index in [9.17, 15) is 19.5 Å². The highest BCUT2D eigenvalue weighted by atomic mass is 32.2. The second-order valence-corrected chi connectivity index (χ2v) is 9.37. The molecule has 2 N–H and O–H groups in total. The molecule has 3 amide bonds. The third-order valence-electron chi connectivity index (χ3n) is 4.84. The molecule has 0 aromatic heterocycles. The lowest BCUT2D eigenvalue weighted by Gasteiger charge is -2.23. The first-order valence-electron chi connectivity index (χ1n) is 11.7. The van der Waals surface area contributed by atoms with Crippen molar-refractivity contribution in [3.05, 3.63) is 71.8 Å². The van der Waals surface area contributed by atoms with Crippen molar-refractivity contribution in [1.29, 1.82) is 0 Å². The van der Waals surface area contributed by atoms with Gasteiger partial charge in [-0.3, -0.25) is 9.69 Å². The number of hydrogen-bond acceptors (Lipinski definition) is 4. The minimum atomic E-state index is -1.12. The highest BCUT2D eigenvalue weighted by molar-refractivity contribution is 7.99. The molecule has 0 unspecified atom stereocenters. The fourth-order valence-electron chi connectivity index (χ4n) is 2.85. The predicted octanol–water partition coefficient (Wildman–Crippen LogP) is 5.52. The minimum absolute atomic E-state index is 0.169. The molecule has 0 aliphatic heterocycles. The van der Waals surface area contributed by atoms with Crippen LogP contribution in [0.25, 0.3) is 0 Å². The molecule has 1 aromatic rings. The Bertz CT molecular complexity index is 1000. The Kier molecular flexibility index (Phi) is 14.0. The van der Waals surface area contributed by atoms with E-state index >= 15 is 0 Å². The number of carboxylic acid groups (broad SMARTS) is 1. The van der Waals surface area contributed by atoms with E-state index in [1.807, 2.05) is 26.0 Å². The van der Waals surface area contributed by atoms with Crippen LogP contribution in [0.2, 0.25) is 0 Å². The number of carboxylic acids is 1. The number of imide groups is 1. The van der Waals surface area contributed by atoms with Crippen molar-refractivity contribution < 1.29 is 19.5 Å². The van der Waals surface area contributed by atoms with Crippen LogP contribution in [-0.4, -0.2) is 52.0 Å². The number of carbonyl (C=O) groups excluding carboxylic acids is 2. The highest BCUT2D eigenvalue weighted by Crippen LogP contribution is 2.13. The van der Waals surface area contributed by atoms with Gasteiger partial charge in [0.25, 0.3) is 5.91 Å². The van der Waals surface area contributed by atoms with Gasteiger partial charge in [-0.15, -0.1) is 0 Å². The lowest BCUT2D eigenvalue weighted by molar-refractivity contribution is -0.138. The number of nitrogens with zero attached hydrogens (tertiary/aromatic N) is 1. The summed E-state index contributed by atoms with van der Waals surface area (Å²) >= 11 is 1.48. The Morgan fingerprint density at radius 2 is 2.03 bits per heavy atom. The molecule has 0 spiro atoms. The molecule has 0 radical (unpaired) electrons. The second kappa shape index (κ2) is 16.4. The number of carbonyl (C=O) groups is 3. The number of allylic oxidation sites excluding steroid dienone is 5. The number of benzene rings is 1. The van der Waals surface area contributed by atoms with E-state index in [0.29, 0.717) is 23.5 Å². The third-order valence-corrected chi connectivity index (χ3v) is 5.93. The Morgan fingerprint density at radius 1 is 1.29 bits per heavy atom. The average Bonchev–Trinajstić information content (AvgIpc) is 2.83. The van der Waals surface area contributed by atoms with Gasteiger partial charge >= 0.3 is 12.0 Å². The first-order chi connectivity index (χ1) is 16.7. The van der Waals surface area contributed by atoms with Gasteiger partial charge in [-0.05, 0) is 55.7 Å². The number of aliphatic carboxylic acids is 1. The molecule has 35 heavy (non-hydrogen) atoms. The van der Waals surface area contributed by atoms with Crippen molar-refractivity contribution in [2.24, 2.45) is 5.92 Å². The van der Waals surface area contributed by atoms with Crippen LogP contribution in [0.1, 0.15) is 56.5 Å².